The lowest BCUT2D eigenvalue weighted by molar-refractivity contribution is -0.132. The highest BCUT2D eigenvalue weighted by Gasteiger charge is 2.47. The molecule has 0 aliphatic carbocycles. The first-order chi connectivity index (χ1) is 16.8. The summed E-state index contributed by atoms with van der Waals surface area (Å²) >= 11 is 0. The normalized spacial score (nSPS) is 17.1. The van der Waals surface area contributed by atoms with Gasteiger partial charge in [0.05, 0.1) is 25.3 Å². The third-order valence-electron chi connectivity index (χ3n) is 6.25. The zero-order valence-electron chi connectivity index (χ0n) is 20.6. The number of nitrogens with zero attached hydrogens (tertiary/aromatic N) is 1. The Balaban J connectivity index is 1.93. The monoisotopic (exact) mass is 471 g/mol. The molecule has 0 bridgehead atoms. The minimum absolute atomic E-state index is 0.0460. The summed E-state index contributed by atoms with van der Waals surface area (Å²) in [5, 5.41) is 11.4. The van der Waals surface area contributed by atoms with Crippen LogP contribution in [0.1, 0.15) is 40.8 Å². The summed E-state index contributed by atoms with van der Waals surface area (Å²) in [5.74, 6) is -0.270. The van der Waals surface area contributed by atoms with Gasteiger partial charge in [-0.25, -0.2) is 0 Å². The number of methoxy groups -OCH3 is 1. The number of aryl methyl sites for hydroxylation is 3. The predicted molar refractivity (Wildman–Crippen MR) is 136 cm³/mol. The zero-order valence-corrected chi connectivity index (χ0v) is 20.6. The van der Waals surface area contributed by atoms with E-state index in [4.69, 9.17) is 9.47 Å². The molecule has 0 radical (unpaired) electrons. The summed E-state index contributed by atoms with van der Waals surface area (Å²) in [5.41, 5.74) is 4.45. The van der Waals surface area contributed by atoms with Crippen molar-refractivity contribution in [2.24, 2.45) is 0 Å². The molecule has 1 fully saturated rings. The van der Waals surface area contributed by atoms with Crippen LogP contribution in [0.25, 0.3) is 5.76 Å². The molecule has 180 valence electrons. The molecule has 0 spiro atoms. The molecule has 35 heavy (non-hydrogen) atoms. The molecular formula is C29H29NO5. The van der Waals surface area contributed by atoms with Gasteiger partial charge in [0.1, 0.15) is 17.3 Å². The Hall–Kier alpha value is -4.06. The van der Waals surface area contributed by atoms with Crippen LogP contribution >= 0.6 is 0 Å². The van der Waals surface area contributed by atoms with Crippen molar-refractivity contribution in [3.63, 3.8) is 0 Å². The lowest BCUT2D eigenvalue weighted by Crippen LogP contribution is -2.30. The molecule has 1 aliphatic rings. The van der Waals surface area contributed by atoms with Crippen molar-refractivity contribution in [2.75, 3.05) is 18.6 Å². The van der Waals surface area contributed by atoms with Crippen LogP contribution in [0.15, 0.2) is 66.2 Å². The third kappa shape index (κ3) is 4.39. The molecule has 4 rings (SSSR count). The number of amides is 1. The SMILES string of the molecule is CCOc1ccc(/C(O)=C2/C(=O)C(=O)N(c3cc(C)ccc3C)C2c2ccc(OC)cc2)cc1C. The zero-order chi connectivity index (χ0) is 25.3. The quantitative estimate of drug-likeness (QED) is 0.286. The molecule has 1 saturated heterocycles. The van der Waals surface area contributed by atoms with E-state index < -0.39 is 17.7 Å². The summed E-state index contributed by atoms with van der Waals surface area (Å²) < 4.78 is 10.9. The van der Waals surface area contributed by atoms with Crippen LogP contribution in [0.3, 0.4) is 0 Å². The smallest absolute Gasteiger partial charge is 0.300 e. The molecule has 0 saturated carbocycles. The molecule has 1 atom stereocenters. The molecular weight excluding hydrogens is 442 g/mol. The van der Waals surface area contributed by atoms with Crippen molar-refractivity contribution in [1.29, 1.82) is 0 Å². The molecule has 3 aromatic carbocycles. The topological polar surface area (TPSA) is 76.1 Å². The van der Waals surface area contributed by atoms with Gasteiger partial charge in [-0.15, -0.1) is 0 Å². The number of carbonyl (C=O) groups is 2. The number of hydrogen-bond donors (Lipinski definition) is 1. The summed E-state index contributed by atoms with van der Waals surface area (Å²) in [4.78, 5) is 28.3. The van der Waals surface area contributed by atoms with Crippen molar-refractivity contribution in [3.8, 4) is 11.5 Å². The second kappa shape index (κ2) is 9.66. The van der Waals surface area contributed by atoms with Gasteiger partial charge in [0.2, 0.25) is 0 Å². The van der Waals surface area contributed by atoms with E-state index >= 15 is 0 Å². The van der Waals surface area contributed by atoms with Crippen LogP contribution in [-0.2, 0) is 9.59 Å². The van der Waals surface area contributed by atoms with E-state index in [0.29, 0.717) is 34.9 Å². The largest absolute Gasteiger partial charge is 0.507 e. The van der Waals surface area contributed by atoms with Gasteiger partial charge in [-0.2, -0.15) is 0 Å². The summed E-state index contributed by atoms with van der Waals surface area (Å²) in [6.45, 7) is 8.12. The van der Waals surface area contributed by atoms with Crippen LogP contribution in [0, 0.1) is 20.8 Å². The summed E-state index contributed by atoms with van der Waals surface area (Å²) in [7, 11) is 1.57. The van der Waals surface area contributed by atoms with Gasteiger partial charge in [-0.05, 0) is 86.3 Å². The third-order valence-corrected chi connectivity index (χ3v) is 6.25. The van der Waals surface area contributed by atoms with Crippen LogP contribution < -0.4 is 14.4 Å². The lowest BCUT2D eigenvalue weighted by atomic mass is 9.94. The lowest BCUT2D eigenvalue weighted by Gasteiger charge is -2.27. The molecule has 6 heteroatoms. The maximum absolute atomic E-state index is 13.4. The number of aliphatic hydroxyl groups excluding tert-OH is 1. The van der Waals surface area contributed by atoms with Crippen LogP contribution in [0.2, 0.25) is 0 Å². The number of ketones is 1. The Morgan fingerprint density at radius 1 is 0.943 bits per heavy atom. The first-order valence-corrected chi connectivity index (χ1v) is 11.5. The average molecular weight is 472 g/mol. The summed E-state index contributed by atoms with van der Waals surface area (Å²) in [6, 6.07) is 17.4. The van der Waals surface area contributed by atoms with E-state index in [1.807, 2.05) is 58.0 Å². The molecule has 1 heterocycles. The molecule has 0 aromatic heterocycles. The molecule has 1 N–H and O–H groups in total. The van der Waals surface area contributed by atoms with Gasteiger partial charge >= 0.3 is 0 Å². The first-order valence-electron chi connectivity index (χ1n) is 11.5. The van der Waals surface area contributed by atoms with Gasteiger partial charge in [-0.3, -0.25) is 14.5 Å². The van der Waals surface area contributed by atoms with Crippen molar-refractivity contribution >= 4 is 23.1 Å². The van der Waals surface area contributed by atoms with Gasteiger partial charge in [0.15, 0.2) is 0 Å². The number of rotatable bonds is 6. The van der Waals surface area contributed by atoms with Crippen LogP contribution in [0.4, 0.5) is 5.69 Å². The Labute approximate surface area is 205 Å². The number of hydrogen-bond acceptors (Lipinski definition) is 5. The van der Waals surface area contributed by atoms with Gasteiger partial charge in [0.25, 0.3) is 11.7 Å². The first kappa shape index (κ1) is 24.1. The molecule has 3 aromatic rings. The van der Waals surface area contributed by atoms with Gasteiger partial charge in [-0.1, -0.05) is 24.3 Å². The van der Waals surface area contributed by atoms with E-state index in [2.05, 4.69) is 0 Å². The minimum atomic E-state index is -0.798. The number of benzene rings is 3. The number of aliphatic hydroxyl groups is 1. The number of Topliss-reactive ketones (excluding diaryl/α,β-unsaturated/α-hetero) is 1. The van der Waals surface area contributed by atoms with E-state index in [1.165, 1.54) is 4.90 Å². The highest BCUT2D eigenvalue weighted by Crippen LogP contribution is 2.43. The molecule has 1 amide bonds. The number of anilines is 1. The maximum Gasteiger partial charge on any atom is 0.300 e. The van der Waals surface area contributed by atoms with Crippen LogP contribution in [-0.4, -0.2) is 30.5 Å². The van der Waals surface area contributed by atoms with Crippen LogP contribution in [0.5, 0.6) is 11.5 Å². The molecule has 1 aliphatic heterocycles. The fraction of sp³-hybridized carbons (Fsp3) is 0.241. The van der Waals surface area contributed by atoms with E-state index in [1.54, 1.807) is 37.4 Å². The Morgan fingerprint density at radius 3 is 2.29 bits per heavy atom. The van der Waals surface area contributed by atoms with E-state index in [0.717, 1.165) is 16.7 Å². The highest BCUT2D eigenvalue weighted by molar-refractivity contribution is 6.51. The average Bonchev–Trinajstić information content (AvgIpc) is 3.11. The second-order valence-corrected chi connectivity index (χ2v) is 8.65. The van der Waals surface area contributed by atoms with Crippen molar-refractivity contribution in [3.05, 3.63) is 94.1 Å². The Kier molecular flexibility index (Phi) is 6.65. The van der Waals surface area contributed by atoms with Gasteiger partial charge < -0.3 is 14.6 Å². The van der Waals surface area contributed by atoms with Gasteiger partial charge in [0, 0.05) is 11.3 Å². The Morgan fingerprint density at radius 2 is 1.66 bits per heavy atom. The highest BCUT2D eigenvalue weighted by atomic mass is 16.5. The molecule has 6 nitrogen and oxygen atoms in total. The predicted octanol–water partition coefficient (Wildman–Crippen LogP) is 5.65. The Bertz CT molecular complexity index is 1320. The summed E-state index contributed by atoms with van der Waals surface area (Å²) in [6.07, 6.45) is 0. The maximum atomic E-state index is 13.4. The number of ether oxygens (including phenoxy) is 2. The minimum Gasteiger partial charge on any atom is -0.507 e. The standard InChI is InChI=1S/C29H29NO5/c1-6-35-24-14-11-21(16-19(24)4)27(31)25-26(20-9-12-22(34-5)13-10-20)30(29(33)28(25)32)23-15-17(2)7-8-18(23)3/h7-16,26,31H,6H2,1-5H3/b27-25-. The fourth-order valence-corrected chi connectivity index (χ4v) is 4.43. The van der Waals surface area contributed by atoms with E-state index in [9.17, 15) is 14.7 Å². The van der Waals surface area contributed by atoms with Crippen molar-refractivity contribution < 1.29 is 24.2 Å². The van der Waals surface area contributed by atoms with Crippen molar-refractivity contribution in [1.82, 2.24) is 0 Å². The number of carbonyl (C=O) groups excluding carboxylic acids is 2. The molecule has 1 unspecified atom stereocenters. The van der Waals surface area contributed by atoms with E-state index in [-0.39, 0.29) is 11.3 Å². The van der Waals surface area contributed by atoms with Crippen molar-refractivity contribution in [2.45, 2.75) is 33.7 Å². The second-order valence-electron chi connectivity index (χ2n) is 8.65. The fourth-order valence-electron chi connectivity index (χ4n) is 4.43.